The lowest BCUT2D eigenvalue weighted by molar-refractivity contribution is 0.0107. The number of aromatic hydroxyl groups is 9. The van der Waals surface area contributed by atoms with Gasteiger partial charge in [-0.25, -0.2) is 9.59 Å². The van der Waals surface area contributed by atoms with Crippen molar-refractivity contribution in [3.05, 3.63) is 221 Å². The highest BCUT2D eigenvalue weighted by Gasteiger charge is 2.45. The lowest BCUT2D eigenvalue weighted by atomic mass is 9.68. The molecule has 0 aromatic heterocycles. The summed E-state index contributed by atoms with van der Waals surface area (Å²) in [6.07, 6.45) is 46.0. The van der Waals surface area contributed by atoms with Crippen molar-refractivity contribution in [1.82, 2.24) is 0 Å². The number of carbonyl (C=O) groups is 2. The van der Waals surface area contributed by atoms with Crippen molar-refractivity contribution in [2.45, 2.75) is 353 Å². The maximum atomic E-state index is 11.8. The summed E-state index contributed by atoms with van der Waals surface area (Å²) in [4.78, 5) is 23.4. The molecule has 0 saturated carbocycles. The summed E-state index contributed by atoms with van der Waals surface area (Å²) < 4.78 is 6.36. The first-order chi connectivity index (χ1) is 57.3. The highest BCUT2D eigenvalue weighted by molar-refractivity contribution is 5.94. The second kappa shape index (κ2) is 50.9. The Morgan fingerprint density at radius 2 is 0.752 bits per heavy atom. The van der Waals surface area contributed by atoms with Crippen LogP contribution < -0.4 is 4.74 Å². The summed E-state index contributed by atoms with van der Waals surface area (Å²) in [5, 5.41) is 114. The van der Waals surface area contributed by atoms with Crippen molar-refractivity contribution in [1.29, 1.82) is 0 Å². The molecule has 5 aromatic rings. The molecule has 11 N–H and O–H groups in total. The molecule has 4 aliphatic rings. The predicted octanol–water partition coefficient (Wildman–Crippen LogP) is 29.0. The summed E-state index contributed by atoms with van der Waals surface area (Å²) >= 11 is 0. The smallest absolute Gasteiger partial charge is 0.339 e. The van der Waals surface area contributed by atoms with Crippen LogP contribution in [0.15, 0.2) is 154 Å². The molecule has 6 atom stereocenters. The molecule has 0 unspecified atom stereocenters. The van der Waals surface area contributed by atoms with Gasteiger partial charge < -0.3 is 60.9 Å². The number of rotatable bonds is 36. The first-order valence-corrected chi connectivity index (χ1v) is 45.5. The van der Waals surface area contributed by atoms with Crippen LogP contribution in [0.25, 0.3) is 0 Å². The number of unbranched alkanes of at least 4 members (excludes halogenated alkanes) is 10. The van der Waals surface area contributed by atoms with Gasteiger partial charge >= 0.3 is 11.9 Å². The van der Waals surface area contributed by atoms with E-state index in [9.17, 15) is 65.8 Å². The lowest BCUT2D eigenvalue weighted by Gasteiger charge is -2.46. The number of phenols is 9. The molecule has 0 fully saturated rings. The molecular formula is C107H154O14. The number of aromatic carboxylic acids is 2. The van der Waals surface area contributed by atoms with Crippen LogP contribution in [0.2, 0.25) is 0 Å². The summed E-state index contributed by atoms with van der Waals surface area (Å²) in [7, 11) is 0. The van der Waals surface area contributed by atoms with Gasteiger partial charge in [-0.15, -0.1) is 0 Å². The molecule has 1 aliphatic heterocycles. The SMILES string of the molecule is C=C(C)[C@@H]1CCC(C)=C[C@H]1c1c(O)cc(CCCCC)c(C(=O)O)c1O.C=C(C)[C@@H]1CCC(C)=C[C@H]1c1c(O)cc(CCCCC)cc1O.CCCCCc1cc(O)c(C/C=C(\C)CCC=C(C)C)c(O)c1.CCCCCc1cc(O)c(C/C=C(\C)CCC=C(C)C)c(O)c1C(=O)O.CCCCCc1cc(O)c2c(c1)OC(C)(C)[C@@H]1CCC(C)=C[C@@H]21. The van der Waals surface area contributed by atoms with Crippen LogP contribution in [-0.4, -0.2) is 73.7 Å². The number of carboxylic acids is 2. The van der Waals surface area contributed by atoms with E-state index < -0.39 is 11.9 Å². The average molecular weight is 1660 g/mol. The van der Waals surface area contributed by atoms with Crippen molar-refractivity contribution >= 4 is 11.9 Å². The number of phenolic OH excluding ortho intramolecular Hbond substituents is 7. The third-order valence-corrected chi connectivity index (χ3v) is 24.5. The molecule has 666 valence electrons. The van der Waals surface area contributed by atoms with Gasteiger partial charge in [0.15, 0.2) is 0 Å². The molecule has 0 saturated heterocycles. The standard InChI is InChI=1S/C22H30O4.C22H32O4.2C21H30O2.C21H32O2/c1-5-6-7-8-15-12-18(23)20(21(24)19(15)22(25)26)17-11-14(4)9-10-16(17)13(2)3;1-5-6-7-11-17-14-19(23)18(21(24)20(17)22(25)26)13-12-16(4)10-8-9-15(2)3;1-5-6-7-8-15-12-18(22)20-16-11-14(2)9-10-17(16)21(3,4)23-19(20)13-15;1-5-6-7-8-16-12-19(22)21(20(23)13-16)18-11-15(4)9-10-17(18)14(2)3;1-5-6-7-11-18-14-20(22)19(21(23)15-18)13-12-17(4)10-8-9-16(2)3/h11-12,16-17,23-24H,2,5-10H2,1,3-4H3,(H,25,26);9,12,14,23-24H,5-8,10-11,13H2,1-4H3,(H,25,26);11-13,16-17,22H,5-10H2,1-4H3;11-13,17-18,22-23H,2,5-10H2,1,3-4H3;9,12,14-15,22-23H,5-8,10-11,13H2,1-4H3/b;16-12+;;;17-12+/t16-,17+;;16-,17-;17-,18+;/m0.10./s1. The Balaban J connectivity index is 0.000000269. The third kappa shape index (κ3) is 31.5. The molecule has 121 heavy (non-hydrogen) atoms. The van der Waals surface area contributed by atoms with E-state index in [4.69, 9.17) is 4.74 Å². The van der Waals surface area contributed by atoms with E-state index in [0.29, 0.717) is 65.2 Å². The normalized spacial score (nSPS) is 17.7. The highest BCUT2D eigenvalue weighted by atomic mass is 16.5. The Morgan fingerprint density at radius 1 is 0.413 bits per heavy atom. The Morgan fingerprint density at radius 3 is 1.16 bits per heavy atom. The summed E-state index contributed by atoms with van der Waals surface area (Å²) in [5.74, 6) is 0.0451. The number of benzene rings is 5. The largest absolute Gasteiger partial charge is 0.508 e. The van der Waals surface area contributed by atoms with Crippen LogP contribution in [0.3, 0.4) is 0 Å². The molecule has 0 spiro atoms. The van der Waals surface area contributed by atoms with Crippen molar-refractivity contribution in [3.63, 3.8) is 0 Å². The van der Waals surface area contributed by atoms with Gasteiger partial charge in [-0.1, -0.05) is 205 Å². The Hall–Kier alpha value is -9.30. The molecule has 0 radical (unpaired) electrons. The topological polar surface area (TPSA) is 266 Å². The summed E-state index contributed by atoms with van der Waals surface area (Å²) in [6, 6.07) is 14.4. The van der Waals surface area contributed by atoms with Crippen LogP contribution in [0.4, 0.5) is 0 Å². The van der Waals surface area contributed by atoms with Gasteiger partial charge in [0.25, 0.3) is 0 Å². The summed E-state index contributed by atoms with van der Waals surface area (Å²) in [6.45, 7) is 46.0. The number of ether oxygens (including phenoxy) is 1. The van der Waals surface area contributed by atoms with Gasteiger partial charge in [0, 0.05) is 51.5 Å². The van der Waals surface area contributed by atoms with Gasteiger partial charge in [-0.3, -0.25) is 0 Å². The predicted molar refractivity (Wildman–Crippen MR) is 502 cm³/mol. The second-order valence-corrected chi connectivity index (χ2v) is 36.1. The van der Waals surface area contributed by atoms with Crippen molar-refractivity contribution in [2.75, 3.05) is 0 Å². The molecular weight excluding hydrogens is 1510 g/mol. The van der Waals surface area contributed by atoms with Crippen LogP contribution in [-0.2, 0) is 44.9 Å². The van der Waals surface area contributed by atoms with E-state index in [-0.39, 0.29) is 97.9 Å². The fourth-order valence-corrected chi connectivity index (χ4v) is 17.4. The zero-order valence-electron chi connectivity index (χ0n) is 77.3. The first-order valence-electron chi connectivity index (χ1n) is 45.5. The zero-order chi connectivity index (χ0) is 90.0. The van der Waals surface area contributed by atoms with Gasteiger partial charge in [0.2, 0.25) is 0 Å². The fraction of sp³-hybridized carbons (Fsp3) is 0.533. The van der Waals surface area contributed by atoms with Crippen molar-refractivity contribution in [3.8, 4) is 57.5 Å². The zero-order valence-corrected chi connectivity index (χ0v) is 77.3. The van der Waals surface area contributed by atoms with Crippen LogP contribution in [0, 0.1) is 17.8 Å². The van der Waals surface area contributed by atoms with E-state index in [1.807, 2.05) is 58.0 Å². The number of hydrogen-bond donors (Lipinski definition) is 11. The van der Waals surface area contributed by atoms with Gasteiger partial charge in [-0.2, -0.15) is 0 Å². The van der Waals surface area contributed by atoms with Gasteiger partial charge in [0.1, 0.15) is 74.2 Å². The minimum atomic E-state index is -1.15. The molecule has 3 aliphatic carbocycles. The lowest BCUT2D eigenvalue weighted by Crippen LogP contribution is -2.45. The second-order valence-electron chi connectivity index (χ2n) is 36.1. The number of fused-ring (bicyclic) bond motifs is 3. The fourth-order valence-electron chi connectivity index (χ4n) is 17.4. The maximum Gasteiger partial charge on any atom is 0.339 e. The van der Waals surface area contributed by atoms with E-state index >= 15 is 0 Å². The van der Waals surface area contributed by atoms with Crippen LogP contribution >= 0.6 is 0 Å². The van der Waals surface area contributed by atoms with Crippen LogP contribution in [0.5, 0.6) is 57.5 Å². The minimum absolute atomic E-state index is 0.0194. The number of hydrogen-bond acceptors (Lipinski definition) is 12. The van der Waals surface area contributed by atoms with Gasteiger partial charge in [-0.05, 0) is 319 Å². The van der Waals surface area contributed by atoms with E-state index in [0.717, 1.165) is 174 Å². The molecule has 0 amide bonds. The molecule has 9 rings (SSSR count). The quantitative estimate of drug-likeness (QED) is 0.0132. The maximum absolute atomic E-state index is 11.8. The Labute approximate surface area is 728 Å². The molecule has 5 aromatic carbocycles. The number of allylic oxidation sites excluding steroid dienone is 16. The monoisotopic (exact) mass is 1660 g/mol. The number of carboxylic acid groups (broad SMARTS) is 2. The number of aryl methyl sites for hydroxylation is 5. The van der Waals surface area contributed by atoms with E-state index in [2.05, 4.69) is 147 Å². The van der Waals surface area contributed by atoms with Crippen LogP contribution in [0.1, 0.15) is 379 Å². The van der Waals surface area contributed by atoms with Crippen molar-refractivity contribution in [2.24, 2.45) is 17.8 Å². The minimum Gasteiger partial charge on any atom is -0.508 e. The third-order valence-electron chi connectivity index (χ3n) is 24.5. The Kier molecular flexibility index (Phi) is 43.1. The average Bonchev–Trinajstić information content (AvgIpc) is 0.745. The van der Waals surface area contributed by atoms with E-state index in [1.165, 1.54) is 96.1 Å². The molecule has 14 heteroatoms. The summed E-state index contributed by atoms with van der Waals surface area (Å²) in [5.41, 5.74) is 17.8. The molecule has 14 nitrogen and oxygen atoms in total. The highest BCUT2D eigenvalue weighted by Crippen LogP contribution is 2.55. The first kappa shape index (κ1) is 102. The van der Waals surface area contributed by atoms with E-state index in [1.54, 1.807) is 12.1 Å². The Bertz CT molecular complexity index is 4430. The van der Waals surface area contributed by atoms with Crippen molar-refractivity contribution < 1.29 is 70.5 Å². The molecule has 0 bridgehead atoms. The molecule has 1 heterocycles. The van der Waals surface area contributed by atoms with Gasteiger partial charge in [0.05, 0.1) is 0 Å².